The number of anilines is 1. The topological polar surface area (TPSA) is 68.7 Å². The van der Waals surface area contributed by atoms with E-state index < -0.39 is 0 Å². The highest BCUT2D eigenvalue weighted by atomic mass is 79.9. The second kappa shape index (κ2) is 4.34. The maximum atomic E-state index is 11.6. The fourth-order valence-corrected chi connectivity index (χ4v) is 1.73. The monoisotopic (exact) mass is 274 g/mol. The van der Waals surface area contributed by atoms with Crippen LogP contribution in [0.1, 0.15) is 0 Å². The Hall–Kier alpha value is -0.850. The standard InChI is InChI=1S/C9H11BrN2O3/c10-7-1-2-9(15-7)12-4-6(3-11)14-5-8(12)13/h1-2,6H,3-5,11H2. The Bertz CT molecular complexity index is 366. The molecule has 1 aromatic rings. The maximum absolute atomic E-state index is 11.6. The van der Waals surface area contributed by atoms with Crippen LogP contribution >= 0.6 is 15.9 Å². The first-order chi connectivity index (χ1) is 7.20. The highest BCUT2D eigenvalue weighted by molar-refractivity contribution is 9.10. The maximum Gasteiger partial charge on any atom is 0.255 e. The molecule has 1 aliphatic rings. The smallest absolute Gasteiger partial charge is 0.255 e. The van der Waals surface area contributed by atoms with Crippen LogP contribution in [0.2, 0.25) is 0 Å². The van der Waals surface area contributed by atoms with Crippen molar-refractivity contribution in [3.05, 3.63) is 16.8 Å². The molecule has 0 aliphatic carbocycles. The van der Waals surface area contributed by atoms with E-state index in [1.165, 1.54) is 0 Å². The SMILES string of the molecule is NCC1CN(c2ccc(Br)o2)C(=O)CO1. The number of halogens is 1. The van der Waals surface area contributed by atoms with Gasteiger partial charge in [0, 0.05) is 12.6 Å². The number of nitrogens with two attached hydrogens (primary N) is 1. The van der Waals surface area contributed by atoms with Crippen molar-refractivity contribution >= 4 is 27.7 Å². The number of furan rings is 1. The molecule has 1 fully saturated rings. The number of carbonyl (C=O) groups excluding carboxylic acids is 1. The minimum atomic E-state index is -0.119. The summed E-state index contributed by atoms with van der Waals surface area (Å²) in [6.45, 7) is 0.890. The lowest BCUT2D eigenvalue weighted by molar-refractivity contribution is -0.129. The van der Waals surface area contributed by atoms with Crippen LogP contribution in [0.5, 0.6) is 0 Å². The zero-order valence-electron chi connectivity index (χ0n) is 7.98. The first-order valence-electron chi connectivity index (χ1n) is 4.58. The summed E-state index contributed by atoms with van der Waals surface area (Å²) in [5.74, 6) is 0.412. The Morgan fingerprint density at radius 2 is 2.40 bits per heavy atom. The molecular weight excluding hydrogens is 264 g/mol. The minimum Gasteiger partial charge on any atom is -0.433 e. The molecule has 2 heterocycles. The summed E-state index contributed by atoms with van der Waals surface area (Å²) in [6, 6.07) is 3.48. The number of hydrogen-bond donors (Lipinski definition) is 1. The molecular formula is C9H11BrN2O3. The second-order valence-corrected chi connectivity index (χ2v) is 4.03. The molecule has 0 radical (unpaired) electrons. The van der Waals surface area contributed by atoms with Gasteiger partial charge in [-0.25, -0.2) is 0 Å². The van der Waals surface area contributed by atoms with E-state index in [2.05, 4.69) is 15.9 Å². The van der Waals surface area contributed by atoms with E-state index in [0.29, 0.717) is 23.6 Å². The fourth-order valence-electron chi connectivity index (χ4n) is 1.43. The van der Waals surface area contributed by atoms with Crippen molar-refractivity contribution in [3.8, 4) is 0 Å². The molecule has 82 valence electrons. The summed E-state index contributed by atoms with van der Waals surface area (Å²) < 4.78 is 11.1. The van der Waals surface area contributed by atoms with E-state index in [-0.39, 0.29) is 18.6 Å². The van der Waals surface area contributed by atoms with Crippen LogP contribution in [0.15, 0.2) is 21.2 Å². The lowest BCUT2D eigenvalue weighted by Gasteiger charge is -2.30. The predicted octanol–water partition coefficient (Wildman–Crippen LogP) is 0.733. The van der Waals surface area contributed by atoms with Crippen LogP contribution in [-0.2, 0) is 9.53 Å². The van der Waals surface area contributed by atoms with Crippen molar-refractivity contribution < 1.29 is 13.9 Å². The first kappa shape index (κ1) is 10.7. The number of rotatable bonds is 2. The average Bonchev–Trinajstić information content (AvgIpc) is 2.65. The van der Waals surface area contributed by atoms with Gasteiger partial charge >= 0.3 is 0 Å². The van der Waals surface area contributed by atoms with E-state index in [4.69, 9.17) is 14.9 Å². The molecule has 0 saturated carbocycles. The molecule has 0 bridgehead atoms. The number of carbonyl (C=O) groups is 1. The summed E-state index contributed by atoms with van der Waals surface area (Å²) in [7, 11) is 0. The molecule has 0 aromatic carbocycles. The molecule has 2 N–H and O–H groups in total. The van der Waals surface area contributed by atoms with Crippen LogP contribution in [0, 0.1) is 0 Å². The van der Waals surface area contributed by atoms with Crippen molar-refractivity contribution in [3.63, 3.8) is 0 Å². The normalized spacial score (nSPS) is 22.1. The third kappa shape index (κ3) is 2.22. The van der Waals surface area contributed by atoms with E-state index in [1.807, 2.05) is 0 Å². The predicted molar refractivity (Wildman–Crippen MR) is 57.6 cm³/mol. The Morgan fingerprint density at radius 1 is 1.60 bits per heavy atom. The Kier molecular flexibility index (Phi) is 3.08. The van der Waals surface area contributed by atoms with Crippen LogP contribution in [0.4, 0.5) is 5.88 Å². The fraction of sp³-hybridized carbons (Fsp3) is 0.444. The van der Waals surface area contributed by atoms with E-state index in [9.17, 15) is 4.79 Å². The average molecular weight is 275 g/mol. The van der Waals surface area contributed by atoms with Crippen molar-refractivity contribution in [1.82, 2.24) is 0 Å². The van der Waals surface area contributed by atoms with Gasteiger partial charge in [-0.2, -0.15) is 0 Å². The molecule has 0 spiro atoms. The van der Waals surface area contributed by atoms with Gasteiger partial charge in [-0.05, 0) is 22.0 Å². The van der Waals surface area contributed by atoms with E-state index >= 15 is 0 Å². The number of morpholine rings is 1. The minimum absolute atomic E-state index is 0.0557. The van der Waals surface area contributed by atoms with Gasteiger partial charge in [-0.3, -0.25) is 9.69 Å². The van der Waals surface area contributed by atoms with E-state index in [0.717, 1.165) is 0 Å². The summed E-state index contributed by atoms with van der Waals surface area (Å²) in [5.41, 5.74) is 5.49. The molecule has 5 nitrogen and oxygen atoms in total. The number of hydrogen-bond acceptors (Lipinski definition) is 4. The molecule has 1 aliphatic heterocycles. The number of amides is 1. The van der Waals surface area contributed by atoms with Crippen molar-refractivity contribution in [2.75, 3.05) is 24.6 Å². The van der Waals surface area contributed by atoms with Gasteiger partial charge in [0.2, 0.25) is 5.88 Å². The quantitative estimate of drug-likeness (QED) is 0.864. The zero-order chi connectivity index (χ0) is 10.8. The number of ether oxygens (including phenoxy) is 1. The van der Waals surface area contributed by atoms with Crippen LogP contribution in [-0.4, -0.2) is 31.7 Å². The summed E-state index contributed by atoms with van der Waals surface area (Å²) in [4.78, 5) is 13.1. The van der Waals surface area contributed by atoms with Crippen molar-refractivity contribution in [2.45, 2.75) is 6.10 Å². The van der Waals surface area contributed by atoms with Crippen LogP contribution in [0.3, 0.4) is 0 Å². The molecule has 1 amide bonds. The van der Waals surface area contributed by atoms with Gasteiger partial charge in [-0.15, -0.1) is 0 Å². The first-order valence-corrected chi connectivity index (χ1v) is 5.37. The lowest BCUT2D eigenvalue weighted by Crippen LogP contribution is -2.49. The molecule has 1 saturated heterocycles. The van der Waals surface area contributed by atoms with Gasteiger partial charge in [0.15, 0.2) is 4.67 Å². The van der Waals surface area contributed by atoms with Gasteiger partial charge in [0.1, 0.15) is 6.61 Å². The molecule has 6 heteroatoms. The van der Waals surface area contributed by atoms with Gasteiger partial charge < -0.3 is 14.9 Å². The molecule has 1 aromatic heterocycles. The molecule has 1 unspecified atom stereocenters. The Balaban J connectivity index is 2.15. The third-order valence-corrected chi connectivity index (χ3v) is 2.64. The van der Waals surface area contributed by atoms with Gasteiger partial charge in [0.05, 0.1) is 12.6 Å². The van der Waals surface area contributed by atoms with Crippen molar-refractivity contribution in [2.24, 2.45) is 5.73 Å². The largest absolute Gasteiger partial charge is 0.433 e. The zero-order valence-corrected chi connectivity index (χ0v) is 9.57. The molecule has 2 rings (SSSR count). The summed E-state index contributed by atoms with van der Waals surface area (Å²) in [6.07, 6.45) is -0.119. The van der Waals surface area contributed by atoms with Crippen LogP contribution < -0.4 is 10.6 Å². The van der Waals surface area contributed by atoms with Crippen LogP contribution in [0.25, 0.3) is 0 Å². The summed E-state index contributed by atoms with van der Waals surface area (Å²) >= 11 is 3.19. The van der Waals surface area contributed by atoms with Crippen molar-refractivity contribution in [1.29, 1.82) is 0 Å². The van der Waals surface area contributed by atoms with E-state index in [1.54, 1.807) is 17.0 Å². The van der Waals surface area contributed by atoms with Gasteiger partial charge in [-0.1, -0.05) is 0 Å². The molecule has 15 heavy (non-hydrogen) atoms. The Labute approximate surface area is 95.3 Å². The highest BCUT2D eigenvalue weighted by Crippen LogP contribution is 2.24. The molecule has 1 atom stereocenters. The second-order valence-electron chi connectivity index (χ2n) is 3.25. The number of nitrogens with zero attached hydrogens (tertiary/aromatic N) is 1. The third-order valence-electron chi connectivity index (χ3n) is 2.22. The lowest BCUT2D eigenvalue weighted by atomic mass is 10.2. The summed E-state index contributed by atoms with van der Waals surface area (Å²) in [5, 5.41) is 0. The highest BCUT2D eigenvalue weighted by Gasteiger charge is 2.28. The Morgan fingerprint density at radius 3 is 3.00 bits per heavy atom. The van der Waals surface area contributed by atoms with Gasteiger partial charge in [0.25, 0.3) is 5.91 Å².